The molecule has 158 valence electrons. The monoisotopic (exact) mass is 425 g/mol. The Balaban J connectivity index is 1.73. The Hall–Kier alpha value is -2.97. The molecule has 0 bridgehead atoms. The number of nitrogens with zero attached hydrogens (tertiary/aromatic N) is 3. The fourth-order valence-corrected chi connectivity index (χ4v) is 3.22. The Bertz CT molecular complexity index is 1050. The summed E-state index contributed by atoms with van der Waals surface area (Å²) in [6, 6.07) is 15.2. The van der Waals surface area contributed by atoms with Gasteiger partial charge < -0.3 is 24.8 Å². The van der Waals surface area contributed by atoms with E-state index in [-0.39, 0.29) is 5.56 Å². The normalized spacial score (nSPS) is 10.9. The van der Waals surface area contributed by atoms with Gasteiger partial charge in [-0.1, -0.05) is 24.3 Å². The van der Waals surface area contributed by atoms with E-state index in [1.54, 1.807) is 13.2 Å². The van der Waals surface area contributed by atoms with E-state index in [9.17, 15) is 4.79 Å². The number of para-hydroxylation sites is 1. The molecule has 0 fully saturated rings. The molecule has 0 amide bonds. The van der Waals surface area contributed by atoms with Crippen LogP contribution in [0.5, 0.6) is 5.75 Å². The van der Waals surface area contributed by atoms with Crippen molar-refractivity contribution >= 4 is 28.2 Å². The number of H-pyrrole nitrogens is 1. The van der Waals surface area contributed by atoms with Gasteiger partial charge in [-0.05, 0) is 56.1 Å². The number of aromatic nitrogens is 2. The van der Waals surface area contributed by atoms with Gasteiger partial charge in [-0.3, -0.25) is 4.79 Å². The molecule has 1 aromatic heterocycles. The lowest BCUT2D eigenvalue weighted by Gasteiger charge is -2.27. The van der Waals surface area contributed by atoms with E-state index in [0.29, 0.717) is 41.5 Å². The van der Waals surface area contributed by atoms with Crippen LogP contribution in [0.15, 0.2) is 53.3 Å². The third-order valence-electron chi connectivity index (χ3n) is 4.71. The van der Waals surface area contributed by atoms with Crippen molar-refractivity contribution in [2.24, 2.45) is 0 Å². The van der Waals surface area contributed by atoms with Gasteiger partial charge in [0.05, 0.1) is 24.6 Å². The van der Waals surface area contributed by atoms with Crippen molar-refractivity contribution in [1.82, 2.24) is 25.1 Å². The molecule has 0 radical (unpaired) electrons. The first-order chi connectivity index (χ1) is 14.5. The molecule has 8 heteroatoms. The minimum absolute atomic E-state index is 0.139. The summed E-state index contributed by atoms with van der Waals surface area (Å²) in [5.74, 6) is 1.41. The predicted molar refractivity (Wildman–Crippen MR) is 124 cm³/mol. The van der Waals surface area contributed by atoms with Crippen LogP contribution in [0.25, 0.3) is 10.9 Å². The molecule has 0 unspecified atom stereocenters. The van der Waals surface area contributed by atoms with Gasteiger partial charge in [0.25, 0.3) is 5.56 Å². The topological polar surface area (TPSA) is 73.5 Å². The second kappa shape index (κ2) is 10.2. The first-order valence-corrected chi connectivity index (χ1v) is 10.2. The van der Waals surface area contributed by atoms with Crippen molar-refractivity contribution in [3.63, 3.8) is 0 Å². The van der Waals surface area contributed by atoms with Crippen LogP contribution in [0.3, 0.4) is 0 Å². The van der Waals surface area contributed by atoms with E-state index in [0.717, 1.165) is 17.9 Å². The number of hydrogen-bond donors (Lipinski definition) is 2. The Morgan fingerprint density at radius 2 is 1.87 bits per heavy atom. The lowest BCUT2D eigenvalue weighted by molar-refractivity contribution is 0.318. The predicted octanol–water partition coefficient (Wildman–Crippen LogP) is 2.37. The van der Waals surface area contributed by atoms with Crippen LogP contribution in [-0.2, 0) is 13.1 Å². The van der Waals surface area contributed by atoms with Crippen molar-refractivity contribution in [2.45, 2.75) is 13.1 Å². The van der Waals surface area contributed by atoms with E-state index >= 15 is 0 Å². The van der Waals surface area contributed by atoms with Crippen molar-refractivity contribution in [2.75, 3.05) is 34.3 Å². The highest BCUT2D eigenvalue weighted by atomic mass is 32.1. The van der Waals surface area contributed by atoms with Crippen LogP contribution in [0.2, 0.25) is 0 Å². The number of thiocarbonyl (C=S) groups is 1. The SMILES string of the molecule is COc1ccc(CNC(=S)N(CCN(C)C)Cc2nc3ccccc3c(=O)[nH]2)cc1. The lowest BCUT2D eigenvalue weighted by Crippen LogP contribution is -2.42. The molecule has 2 aromatic carbocycles. The first kappa shape index (κ1) is 21.7. The largest absolute Gasteiger partial charge is 0.497 e. The van der Waals surface area contributed by atoms with Gasteiger partial charge in [0.1, 0.15) is 11.6 Å². The van der Waals surface area contributed by atoms with Crippen LogP contribution >= 0.6 is 12.2 Å². The number of nitrogens with one attached hydrogen (secondary N) is 2. The van der Waals surface area contributed by atoms with Gasteiger partial charge in [-0.25, -0.2) is 4.98 Å². The third-order valence-corrected chi connectivity index (χ3v) is 5.11. The summed E-state index contributed by atoms with van der Waals surface area (Å²) < 4.78 is 5.20. The standard InChI is InChI=1S/C22H27N5O2S/c1-26(2)12-13-27(22(30)23-14-16-8-10-17(29-3)11-9-16)15-20-24-19-7-5-4-6-18(19)21(28)25-20/h4-11H,12-15H2,1-3H3,(H,23,30)(H,24,25,28). The summed E-state index contributed by atoms with van der Waals surface area (Å²) in [6.45, 7) is 2.55. The number of fused-ring (bicyclic) bond motifs is 1. The molecule has 0 aliphatic rings. The summed E-state index contributed by atoms with van der Waals surface area (Å²) in [5.41, 5.74) is 1.64. The summed E-state index contributed by atoms with van der Waals surface area (Å²) >= 11 is 5.65. The van der Waals surface area contributed by atoms with Crippen molar-refractivity contribution in [1.29, 1.82) is 0 Å². The molecule has 0 aliphatic heterocycles. The maximum Gasteiger partial charge on any atom is 0.258 e. The Morgan fingerprint density at radius 3 is 2.57 bits per heavy atom. The summed E-state index contributed by atoms with van der Waals surface area (Å²) in [7, 11) is 5.68. The van der Waals surface area contributed by atoms with Crippen molar-refractivity contribution in [3.05, 3.63) is 70.3 Å². The number of hydrogen-bond acceptors (Lipinski definition) is 5. The molecule has 0 saturated heterocycles. The van der Waals surface area contributed by atoms with Crippen LogP contribution in [0.1, 0.15) is 11.4 Å². The maximum atomic E-state index is 12.4. The Labute approximate surface area is 181 Å². The second-order valence-electron chi connectivity index (χ2n) is 7.26. The zero-order chi connectivity index (χ0) is 21.5. The smallest absolute Gasteiger partial charge is 0.258 e. The van der Waals surface area contributed by atoms with Crippen LogP contribution in [-0.4, -0.2) is 59.2 Å². The zero-order valence-electron chi connectivity index (χ0n) is 17.5. The van der Waals surface area contributed by atoms with Gasteiger partial charge >= 0.3 is 0 Å². The molecule has 0 atom stereocenters. The first-order valence-electron chi connectivity index (χ1n) is 9.74. The average molecular weight is 426 g/mol. The molecule has 0 spiro atoms. The molecule has 30 heavy (non-hydrogen) atoms. The quantitative estimate of drug-likeness (QED) is 0.537. The van der Waals surface area contributed by atoms with E-state index < -0.39 is 0 Å². The molecule has 0 saturated carbocycles. The minimum Gasteiger partial charge on any atom is -0.497 e. The highest BCUT2D eigenvalue weighted by Gasteiger charge is 2.13. The van der Waals surface area contributed by atoms with Crippen molar-refractivity contribution < 1.29 is 4.74 Å². The van der Waals surface area contributed by atoms with E-state index in [4.69, 9.17) is 17.0 Å². The van der Waals surface area contributed by atoms with Gasteiger partial charge in [-0.15, -0.1) is 0 Å². The fraction of sp³-hybridized carbons (Fsp3) is 0.318. The highest BCUT2D eigenvalue weighted by molar-refractivity contribution is 7.80. The third kappa shape index (κ3) is 5.77. The van der Waals surface area contributed by atoms with Crippen LogP contribution in [0, 0.1) is 0 Å². The number of likely N-dealkylation sites (N-methyl/N-ethyl adjacent to an activating group) is 1. The second-order valence-corrected chi connectivity index (χ2v) is 7.65. The molecule has 2 N–H and O–H groups in total. The van der Waals surface area contributed by atoms with E-state index in [2.05, 4.69) is 20.2 Å². The number of ether oxygens (including phenoxy) is 1. The molecule has 0 aliphatic carbocycles. The average Bonchev–Trinajstić information content (AvgIpc) is 2.75. The zero-order valence-corrected chi connectivity index (χ0v) is 18.3. The van der Waals surface area contributed by atoms with Gasteiger partial charge in [0, 0.05) is 19.6 Å². The molecular weight excluding hydrogens is 398 g/mol. The number of rotatable bonds is 8. The van der Waals surface area contributed by atoms with Gasteiger partial charge in [0.2, 0.25) is 0 Å². The maximum absolute atomic E-state index is 12.4. The van der Waals surface area contributed by atoms with Gasteiger partial charge in [-0.2, -0.15) is 0 Å². The highest BCUT2D eigenvalue weighted by Crippen LogP contribution is 2.11. The van der Waals surface area contributed by atoms with E-state index in [1.807, 2.05) is 61.5 Å². The van der Waals surface area contributed by atoms with Crippen LogP contribution in [0.4, 0.5) is 0 Å². The molecule has 1 heterocycles. The van der Waals surface area contributed by atoms with Crippen molar-refractivity contribution in [3.8, 4) is 5.75 Å². The summed E-state index contributed by atoms with van der Waals surface area (Å²) in [4.78, 5) is 24.0. The fourth-order valence-electron chi connectivity index (χ4n) is 3.00. The van der Waals surface area contributed by atoms with E-state index in [1.165, 1.54) is 0 Å². The Kier molecular flexibility index (Phi) is 7.37. The Morgan fingerprint density at radius 1 is 1.13 bits per heavy atom. The molecular formula is C22H27N5O2S. The molecule has 3 aromatic rings. The summed E-state index contributed by atoms with van der Waals surface area (Å²) in [5, 5.41) is 4.51. The number of aromatic amines is 1. The lowest BCUT2D eigenvalue weighted by atomic mass is 10.2. The summed E-state index contributed by atoms with van der Waals surface area (Å²) in [6.07, 6.45) is 0. The molecule has 3 rings (SSSR count). The van der Waals surface area contributed by atoms with Gasteiger partial charge in [0.15, 0.2) is 5.11 Å². The minimum atomic E-state index is -0.139. The van der Waals surface area contributed by atoms with Crippen LogP contribution < -0.4 is 15.6 Å². The molecule has 7 nitrogen and oxygen atoms in total. The number of methoxy groups -OCH3 is 1. The number of benzene rings is 2.